The number of hydrogen-bond acceptors (Lipinski definition) is 9. The molecular weight excluding hydrogens is 733 g/mol. The molecule has 1 unspecified atom stereocenters. The number of methoxy groups -OCH3 is 2. The van der Waals surface area contributed by atoms with Crippen molar-refractivity contribution in [2.45, 2.75) is 17.1 Å². The molecule has 0 aliphatic carbocycles. The van der Waals surface area contributed by atoms with Crippen molar-refractivity contribution < 1.29 is 28.6 Å². The molecule has 0 bridgehead atoms. The predicted molar refractivity (Wildman–Crippen MR) is 219 cm³/mol. The summed E-state index contributed by atoms with van der Waals surface area (Å²) in [5, 5.41) is 10.4. The van der Waals surface area contributed by atoms with Crippen LogP contribution in [-0.4, -0.2) is 43.5 Å². The minimum atomic E-state index is -0.597. The molecule has 0 radical (unpaired) electrons. The van der Waals surface area contributed by atoms with Crippen LogP contribution in [0.2, 0.25) is 0 Å². The van der Waals surface area contributed by atoms with Gasteiger partial charge in [-0.25, -0.2) is 4.98 Å². The van der Waals surface area contributed by atoms with Crippen LogP contribution in [0, 0.1) is 0 Å². The Morgan fingerprint density at radius 3 is 2.18 bits per heavy atom. The van der Waals surface area contributed by atoms with Gasteiger partial charge < -0.3 is 30.2 Å². The number of thioether (sulfide) groups is 1. The maximum Gasteiger partial charge on any atom is 0.272 e. The van der Waals surface area contributed by atoms with Crippen molar-refractivity contribution in [1.82, 2.24) is 10.3 Å². The number of aromatic nitrogens is 1. The summed E-state index contributed by atoms with van der Waals surface area (Å²) in [4.78, 5) is 46.2. The maximum atomic E-state index is 13.8. The first kappa shape index (κ1) is 38.4. The van der Waals surface area contributed by atoms with Crippen LogP contribution in [0.5, 0.6) is 17.2 Å². The van der Waals surface area contributed by atoms with Gasteiger partial charge in [0.1, 0.15) is 16.7 Å². The molecule has 5 aromatic carbocycles. The normalized spacial score (nSPS) is 11.6. The molecule has 55 heavy (non-hydrogen) atoms. The molecule has 3 amide bonds. The quantitative estimate of drug-likeness (QED) is 0.0697. The lowest BCUT2D eigenvalue weighted by molar-refractivity contribution is -0.116. The number of ether oxygens (including phenoxy) is 3. The third-order valence-corrected chi connectivity index (χ3v) is 10.2. The monoisotopic (exact) mass is 770 g/mol. The van der Waals surface area contributed by atoms with Gasteiger partial charge in [0.25, 0.3) is 11.8 Å². The highest BCUT2D eigenvalue weighted by atomic mass is 32.2. The van der Waals surface area contributed by atoms with E-state index in [1.54, 1.807) is 60.7 Å². The summed E-state index contributed by atoms with van der Waals surface area (Å²) in [6, 6.07) is 38.2. The van der Waals surface area contributed by atoms with Gasteiger partial charge in [-0.15, -0.1) is 23.1 Å². The zero-order chi connectivity index (χ0) is 38.6. The van der Waals surface area contributed by atoms with E-state index in [0.717, 1.165) is 27.5 Å². The summed E-state index contributed by atoms with van der Waals surface area (Å²) >= 11 is 2.73. The van der Waals surface area contributed by atoms with E-state index in [4.69, 9.17) is 14.2 Å². The van der Waals surface area contributed by atoms with Gasteiger partial charge in [0.2, 0.25) is 5.91 Å². The second-order valence-corrected chi connectivity index (χ2v) is 13.9. The van der Waals surface area contributed by atoms with Crippen LogP contribution < -0.4 is 30.2 Å². The number of benzene rings is 5. The van der Waals surface area contributed by atoms with Crippen LogP contribution in [0.4, 0.5) is 10.8 Å². The van der Waals surface area contributed by atoms with Crippen LogP contribution in [0.3, 0.4) is 0 Å². The fourth-order valence-corrected chi connectivity index (χ4v) is 7.25. The zero-order valence-corrected chi connectivity index (χ0v) is 31.9. The van der Waals surface area contributed by atoms with Gasteiger partial charge in [-0.3, -0.25) is 14.4 Å². The van der Waals surface area contributed by atoms with Crippen molar-refractivity contribution in [3.05, 3.63) is 155 Å². The second kappa shape index (κ2) is 18.6. The van der Waals surface area contributed by atoms with E-state index in [1.807, 2.05) is 79.0 Å². The summed E-state index contributed by atoms with van der Waals surface area (Å²) < 4.78 is 16.5. The molecule has 278 valence electrons. The largest absolute Gasteiger partial charge is 0.494 e. The first-order valence-corrected chi connectivity index (χ1v) is 19.0. The van der Waals surface area contributed by atoms with Crippen molar-refractivity contribution in [3.63, 3.8) is 0 Å². The van der Waals surface area contributed by atoms with Crippen molar-refractivity contribution in [2.75, 3.05) is 31.5 Å². The Balaban J connectivity index is 1.18. The van der Waals surface area contributed by atoms with Crippen molar-refractivity contribution in [1.29, 1.82) is 0 Å². The number of rotatable bonds is 15. The Morgan fingerprint density at radius 2 is 1.51 bits per heavy atom. The first-order chi connectivity index (χ1) is 26.8. The highest BCUT2D eigenvalue weighted by Crippen LogP contribution is 2.38. The van der Waals surface area contributed by atoms with E-state index in [-0.39, 0.29) is 11.6 Å². The SMILES string of the molecule is CCOc1ccc(-c2csc(NC(=O)C(Sc3ccc(NC(=O)/C(=C/c4cccc(OC)c4OC)NC(=O)c4ccccc4)cc3)c3ccccc3)n2)cc1. The molecule has 1 heterocycles. The Hall–Kier alpha value is -6.37. The van der Waals surface area contributed by atoms with Crippen LogP contribution in [0.25, 0.3) is 17.3 Å². The van der Waals surface area contributed by atoms with Gasteiger partial charge in [-0.1, -0.05) is 60.7 Å². The number of anilines is 2. The minimum Gasteiger partial charge on any atom is -0.494 e. The topological polar surface area (TPSA) is 128 Å². The maximum absolute atomic E-state index is 13.8. The van der Waals surface area contributed by atoms with Gasteiger partial charge in [-0.2, -0.15) is 0 Å². The van der Waals surface area contributed by atoms with Gasteiger partial charge in [-0.05, 0) is 85.3 Å². The summed E-state index contributed by atoms with van der Waals surface area (Å²) in [6.07, 6.45) is 1.54. The smallest absolute Gasteiger partial charge is 0.272 e. The summed E-state index contributed by atoms with van der Waals surface area (Å²) in [7, 11) is 3.02. The van der Waals surface area contributed by atoms with Crippen LogP contribution in [0.1, 0.15) is 33.7 Å². The van der Waals surface area contributed by atoms with Gasteiger partial charge in [0.05, 0.1) is 26.5 Å². The van der Waals surface area contributed by atoms with E-state index in [9.17, 15) is 14.4 Å². The Morgan fingerprint density at radius 1 is 0.800 bits per heavy atom. The lowest BCUT2D eigenvalue weighted by atomic mass is 10.1. The van der Waals surface area contributed by atoms with Gasteiger partial charge in [0, 0.05) is 32.7 Å². The molecule has 0 fully saturated rings. The molecular formula is C43H38N4O6S2. The van der Waals surface area contributed by atoms with Crippen molar-refractivity contribution in [3.8, 4) is 28.5 Å². The molecule has 10 nitrogen and oxygen atoms in total. The van der Waals surface area contributed by atoms with Gasteiger partial charge in [0.15, 0.2) is 16.6 Å². The molecule has 0 spiro atoms. The molecule has 3 N–H and O–H groups in total. The fraction of sp³-hybridized carbons (Fsp3) is 0.116. The summed E-state index contributed by atoms with van der Waals surface area (Å²) in [5.74, 6) is 0.438. The average Bonchev–Trinajstić information content (AvgIpc) is 3.69. The molecule has 0 saturated carbocycles. The number of carbonyl (C=O) groups excluding carboxylic acids is 3. The Labute approximate surface area is 327 Å². The lowest BCUT2D eigenvalue weighted by Crippen LogP contribution is -2.30. The number of nitrogens with one attached hydrogen (secondary N) is 3. The summed E-state index contributed by atoms with van der Waals surface area (Å²) in [6.45, 7) is 2.53. The Bertz CT molecular complexity index is 2260. The zero-order valence-electron chi connectivity index (χ0n) is 30.3. The van der Waals surface area contributed by atoms with Gasteiger partial charge >= 0.3 is 0 Å². The molecule has 6 rings (SSSR count). The average molecular weight is 771 g/mol. The van der Waals surface area contributed by atoms with Crippen molar-refractivity contribution in [2.24, 2.45) is 0 Å². The minimum absolute atomic E-state index is 0.00691. The number of para-hydroxylation sites is 1. The highest BCUT2D eigenvalue weighted by Gasteiger charge is 2.24. The van der Waals surface area contributed by atoms with Crippen LogP contribution in [0.15, 0.2) is 143 Å². The molecule has 0 aliphatic heterocycles. The third-order valence-electron chi connectivity index (χ3n) is 8.16. The second-order valence-electron chi connectivity index (χ2n) is 11.8. The summed E-state index contributed by atoms with van der Waals surface area (Å²) in [5.41, 5.74) is 3.89. The number of amides is 3. The number of hydrogen-bond donors (Lipinski definition) is 3. The Kier molecular flexibility index (Phi) is 13.0. The predicted octanol–water partition coefficient (Wildman–Crippen LogP) is 9.11. The lowest BCUT2D eigenvalue weighted by Gasteiger charge is -2.17. The molecule has 0 aliphatic rings. The molecule has 12 heteroatoms. The molecule has 1 aromatic heterocycles. The number of nitrogens with zero attached hydrogens (tertiary/aromatic N) is 1. The van der Waals surface area contributed by atoms with E-state index in [1.165, 1.54) is 43.4 Å². The highest BCUT2D eigenvalue weighted by molar-refractivity contribution is 8.00. The van der Waals surface area contributed by atoms with E-state index >= 15 is 0 Å². The standard InChI is InChI=1S/C43H38N4O6S2/c1-4-53-33-22-18-28(19-23-33)36-27-54-43(46-36)47-42(50)39(29-12-7-5-8-13-29)55-34-24-20-32(21-25-34)44-41(49)35(45-40(48)30-14-9-6-10-15-30)26-31-16-11-17-37(51-2)38(31)52-3/h5-27,39H,4H2,1-3H3,(H,44,49)(H,45,48)(H,46,47,50)/b35-26-. The fourth-order valence-electron chi connectivity index (χ4n) is 5.50. The molecule has 6 aromatic rings. The van der Waals surface area contributed by atoms with Crippen LogP contribution in [-0.2, 0) is 9.59 Å². The van der Waals surface area contributed by atoms with E-state index in [2.05, 4.69) is 20.9 Å². The number of carbonyl (C=O) groups is 3. The van der Waals surface area contributed by atoms with E-state index < -0.39 is 17.1 Å². The van der Waals surface area contributed by atoms with Crippen molar-refractivity contribution >= 4 is 57.7 Å². The van der Waals surface area contributed by atoms with Crippen LogP contribution >= 0.6 is 23.1 Å². The third kappa shape index (κ3) is 9.99. The molecule has 1 atom stereocenters. The van der Waals surface area contributed by atoms with E-state index in [0.29, 0.717) is 40.1 Å². The number of thiazole rings is 1. The molecule has 0 saturated heterocycles. The first-order valence-electron chi connectivity index (χ1n) is 17.3.